The van der Waals surface area contributed by atoms with Crippen LogP contribution in [0.25, 0.3) is 11.1 Å². The number of benzene rings is 3. The van der Waals surface area contributed by atoms with Crippen LogP contribution >= 0.6 is 0 Å². The van der Waals surface area contributed by atoms with Gasteiger partial charge in [-0.3, -0.25) is 9.59 Å². The molecule has 0 bridgehead atoms. The van der Waals surface area contributed by atoms with Crippen LogP contribution in [0.5, 0.6) is 0 Å². The number of ketones is 2. The van der Waals surface area contributed by atoms with Crippen LogP contribution in [0.3, 0.4) is 0 Å². The number of hydrogen-bond acceptors (Lipinski definition) is 3. The van der Waals surface area contributed by atoms with E-state index in [4.69, 9.17) is 4.43 Å². The summed E-state index contributed by atoms with van der Waals surface area (Å²) in [4.78, 5) is 27.7. The molecule has 0 unspecified atom stereocenters. The molecule has 0 aromatic heterocycles. The molecule has 0 saturated heterocycles. The molecule has 0 radical (unpaired) electrons. The zero-order chi connectivity index (χ0) is 30.9. The van der Waals surface area contributed by atoms with Crippen molar-refractivity contribution >= 4 is 27.0 Å². The van der Waals surface area contributed by atoms with Gasteiger partial charge in [0.25, 0.3) is 0 Å². The molecular weight excluding hydrogens is 549 g/mol. The molecule has 0 amide bonds. The van der Waals surface area contributed by atoms with Gasteiger partial charge in [-0.2, -0.15) is 0 Å². The Labute approximate surface area is 256 Å². The largest absolute Gasteiger partial charge is 0.408 e. The quantitative estimate of drug-likeness (QED) is 0.145. The van der Waals surface area contributed by atoms with Crippen LogP contribution < -0.4 is 0 Å². The number of rotatable bonds is 13. The molecule has 0 atom stereocenters. The first kappa shape index (κ1) is 32.3. The standard InChI is InChI=1S/C37H50O3Si2/c1-10-12-23-37(24-13-11-2)32-25-28(34(38)27-17-15-14-16-18-27)19-21-30(32)31-22-20-29(26-33(31)37)35(39)36(3,4)40-42(8,9)41(5,6)7/h14-22,25-26H,10-13,23-24H2,1-9H3. The van der Waals surface area contributed by atoms with Crippen molar-refractivity contribution in [3.63, 3.8) is 0 Å². The number of Topliss-reactive ketones (excluding diaryl/α,β-unsaturated/α-hetero) is 1. The summed E-state index contributed by atoms with van der Waals surface area (Å²) >= 11 is 0. The van der Waals surface area contributed by atoms with E-state index in [9.17, 15) is 9.59 Å². The Kier molecular flexibility index (Phi) is 9.37. The van der Waals surface area contributed by atoms with E-state index in [1.807, 2.05) is 56.3 Å². The molecule has 0 aliphatic heterocycles. The predicted octanol–water partition coefficient (Wildman–Crippen LogP) is 10.2. The fraction of sp³-hybridized carbons (Fsp3) is 0.459. The molecule has 0 fully saturated rings. The monoisotopic (exact) mass is 598 g/mol. The van der Waals surface area contributed by atoms with Gasteiger partial charge in [0.1, 0.15) is 5.60 Å². The number of hydrogen-bond donors (Lipinski definition) is 0. The zero-order valence-corrected chi connectivity index (χ0v) is 29.3. The van der Waals surface area contributed by atoms with E-state index in [2.05, 4.69) is 70.8 Å². The lowest BCUT2D eigenvalue weighted by Gasteiger charge is -2.41. The van der Waals surface area contributed by atoms with Crippen LogP contribution in [0.15, 0.2) is 66.7 Å². The number of carbonyl (C=O) groups excluding carboxylic acids is 2. The smallest absolute Gasteiger partial charge is 0.193 e. The predicted molar refractivity (Wildman–Crippen MR) is 182 cm³/mol. The van der Waals surface area contributed by atoms with Crippen molar-refractivity contribution in [2.75, 3.05) is 0 Å². The maximum Gasteiger partial charge on any atom is 0.193 e. The third kappa shape index (κ3) is 6.06. The summed E-state index contributed by atoms with van der Waals surface area (Å²) in [6.45, 7) is 20.0. The van der Waals surface area contributed by atoms with Crippen LogP contribution in [-0.2, 0) is 9.84 Å². The summed E-state index contributed by atoms with van der Waals surface area (Å²) in [6.07, 6.45) is 6.36. The van der Waals surface area contributed by atoms with E-state index in [1.165, 1.54) is 22.3 Å². The highest BCUT2D eigenvalue weighted by atomic mass is 29.3. The summed E-state index contributed by atoms with van der Waals surface area (Å²) in [5, 5.41) is 0. The molecule has 1 aliphatic carbocycles. The summed E-state index contributed by atoms with van der Waals surface area (Å²) < 4.78 is 6.77. The van der Waals surface area contributed by atoms with Crippen molar-refractivity contribution < 1.29 is 14.0 Å². The molecule has 0 heterocycles. The van der Waals surface area contributed by atoms with Crippen molar-refractivity contribution in [1.82, 2.24) is 0 Å². The minimum absolute atomic E-state index is 0.0539. The third-order valence-corrected chi connectivity index (χ3v) is 25.5. The highest BCUT2D eigenvalue weighted by Crippen LogP contribution is 2.54. The summed E-state index contributed by atoms with van der Waals surface area (Å²) in [6, 6.07) is 22.2. The normalized spacial score (nSPS) is 14.4. The SMILES string of the molecule is CCCCC1(CCCC)c2cc(C(=O)c3ccccc3)ccc2-c2ccc(C(=O)C(C)(C)O[Si](C)(C)[Si](C)(C)C)cc21. The Morgan fingerprint density at radius 1 is 0.714 bits per heavy atom. The van der Waals surface area contributed by atoms with Gasteiger partial charge in [-0.25, -0.2) is 0 Å². The second-order valence-corrected chi connectivity index (χ2v) is 30.0. The summed E-state index contributed by atoms with van der Waals surface area (Å²) in [7, 11) is -3.59. The van der Waals surface area contributed by atoms with Gasteiger partial charge < -0.3 is 4.43 Å². The molecular formula is C37H50O3Si2. The molecule has 3 nitrogen and oxygen atoms in total. The minimum Gasteiger partial charge on any atom is -0.408 e. The zero-order valence-electron chi connectivity index (χ0n) is 27.3. The Bertz CT molecular complexity index is 1440. The van der Waals surface area contributed by atoms with E-state index >= 15 is 0 Å². The molecule has 5 heteroatoms. The van der Waals surface area contributed by atoms with E-state index in [0.717, 1.165) is 49.7 Å². The Balaban J connectivity index is 1.84. The molecule has 3 aromatic carbocycles. The van der Waals surface area contributed by atoms with E-state index in [0.29, 0.717) is 5.56 Å². The fourth-order valence-electron chi connectivity index (χ4n) is 6.34. The molecule has 42 heavy (non-hydrogen) atoms. The van der Waals surface area contributed by atoms with E-state index in [-0.39, 0.29) is 17.0 Å². The van der Waals surface area contributed by atoms with Crippen molar-refractivity contribution in [1.29, 1.82) is 0 Å². The van der Waals surface area contributed by atoms with Crippen LogP contribution in [0.4, 0.5) is 0 Å². The van der Waals surface area contributed by atoms with Gasteiger partial charge in [0.15, 0.2) is 19.4 Å². The molecule has 3 aromatic rings. The summed E-state index contributed by atoms with van der Waals surface area (Å²) in [5.74, 6) is 0.109. The average molecular weight is 599 g/mol. The lowest BCUT2D eigenvalue weighted by molar-refractivity contribution is 0.0568. The Hall–Kier alpha value is -2.61. The van der Waals surface area contributed by atoms with Crippen molar-refractivity contribution in [2.45, 2.75) is 110 Å². The maximum atomic E-state index is 14.2. The fourth-order valence-corrected chi connectivity index (χ4v) is 9.70. The first-order valence-corrected chi connectivity index (χ1v) is 23.2. The molecule has 1 aliphatic rings. The van der Waals surface area contributed by atoms with Crippen LogP contribution in [0.2, 0.25) is 32.7 Å². The Morgan fingerprint density at radius 2 is 1.21 bits per heavy atom. The maximum absolute atomic E-state index is 14.2. The molecule has 224 valence electrons. The van der Waals surface area contributed by atoms with Crippen LogP contribution in [0.1, 0.15) is 104 Å². The van der Waals surface area contributed by atoms with E-state index < -0.39 is 21.0 Å². The molecule has 4 rings (SSSR count). The summed E-state index contributed by atoms with van der Waals surface area (Å²) in [5.41, 5.74) is 5.93. The van der Waals surface area contributed by atoms with Gasteiger partial charge in [-0.05, 0) is 74.2 Å². The van der Waals surface area contributed by atoms with Gasteiger partial charge in [-0.1, -0.05) is 114 Å². The van der Waals surface area contributed by atoms with Gasteiger partial charge >= 0.3 is 0 Å². The number of carbonyl (C=O) groups is 2. The van der Waals surface area contributed by atoms with Gasteiger partial charge in [0.2, 0.25) is 0 Å². The lowest BCUT2D eigenvalue weighted by atomic mass is 9.70. The van der Waals surface area contributed by atoms with Crippen molar-refractivity contribution in [3.8, 4) is 11.1 Å². The second-order valence-electron chi connectivity index (χ2n) is 14.2. The van der Waals surface area contributed by atoms with Crippen molar-refractivity contribution in [2.24, 2.45) is 0 Å². The number of unbranched alkanes of at least 4 members (excludes halogenated alkanes) is 2. The molecule has 0 N–H and O–H groups in total. The van der Waals surface area contributed by atoms with Crippen molar-refractivity contribution in [3.05, 3.63) is 94.5 Å². The third-order valence-electron chi connectivity index (χ3n) is 9.70. The lowest BCUT2D eigenvalue weighted by Crippen LogP contribution is -2.59. The highest BCUT2D eigenvalue weighted by Gasteiger charge is 2.46. The average Bonchev–Trinajstić information content (AvgIpc) is 3.21. The van der Waals surface area contributed by atoms with Gasteiger partial charge in [0, 0.05) is 22.1 Å². The van der Waals surface area contributed by atoms with Crippen LogP contribution in [0, 0.1) is 0 Å². The van der Waals surface area contributed by atoms with Gasteiger partial charge in [0.05, 0.1) is 7.59 Å². The molecule has 0 saturated carbocycles. The van der Waals surface area contributed by atoms with E-state index in [1.54, 1.807) is 0 Å². The Morgan fingerprint density at radius 3 is 1.71 bits per heavy atom. The first-order chi connectivity index (χ1) is 19.7. The highest BCUT2D eigenvalue weighted by molar-refractivity contribution is 7.37. The topological polar surface area (TPSA) is 43.4 Å². The minimum atomic E-state index is -2.03. The first-order valence-electron chi connectivity index (χ1n) is 15.8. The van der Waals surface area contributed by atoms with Crippen LogP contribution in [-0.4, -0.2) is 32.6 Å². The van der Waals surface area contributed by atoms with Gasteiger partial charge in [-0.15, -0.1) is 0 Å². The second kappa shape index (κ2) is 12.2. The molecule has 0 spiro atoms. The number of fused-ring (bicyclic) bond motifs is 3.